The van der Waals surface area contributed by atoms with Crippen molar-refractivity contribution in [2.75, 3.05) is 18.7 Å². The molecule has 1 heterocycles. The maximum atomic E-state index is 10.9. The van der Waals surface area contributed by atoms with Crippen LogP contribution in [0.4, 0.5) is 11.5 Å². The van der Waals surface area contributed by atoms with Gasteiger partial charge in [-0.3, -0.25) is 15.0 Å². The lowest BCUT2D eigenvalue weighted by Gasteiger charge is -2.36. The Kier molecular flexibility index (Phi) is 6.87. The van der Waals surface area contributed by atoms with Gasteiger partial charge in [0.05, 0.1) is 11.5 Å². The quantitative estimate of drug-likeness (QED) is 0.247. The highest BCUT2D eigenvalue weighted by Gasteiger charge is 2.36. The number of rotatable bonds is 8. The van der Waals surface area contributed by atoms with Gasteiger partial charge in [-0.05, 0) is 24.6 Å². The average molecular weight is 363 g/mol. The van der Waals surface area contributed by atoms with Gasteiger partial charge in [0, 0.05) is 6.61 Å². The van der Waals surface area contributed by atoms with E-state index in [0.717, 1.165) is 6.33 Å². The molecule has 0 aromatic carbocycles. The molecule has 0 radical (unpaired) electrons. The van der Waals surface area contributed by atoms with E-state index < -0.39 is 18.9 Å². The molecule has 10 heteroatoms. The van der Waals surface area contributed by atoms with Gasteiger partial charge in [0.15, 0.2) is 8.32 Å². The number of halogens is 1. The molecular formula is C13H23ClN4O4Si. The minimum Gasteiger partial charge on any atom is -0.417 e. The van der Waals surface area contributed by atoms with Crippen LogP contribution in [0, 0.1) is 10.1 Å². The number of anilines is 1. The third-order valence-electron chi connectivity index (χ3n) is 3.79. The van der Waals surface area contributed by atoms with Gasteiger partial charge in [0.25, 0.3) is 0 Å². The molecule has 1 rings (SSSR count). The maximum absolute atomic E-state index is 10.9. The summed E-state index contributed by atoms with van der Waals surface area (Å²) in [5.74, 6) is -0.0692. The fourth-order valence-electron chi connectivity index (χ4n) is 1.39. The second-order valence-electron chi connectivity index (χ2n) is 6.53. The van der Waals surface area contributed by atoms with Crippen molar-refractivity contribution in [3.05, 3.63) is 21.6 Å². The molecule has 23 heavy (non-hydrogen) atoms. The molecular weight excluding hydrogens is 340 g/mol. The molecule has 0 unspecified atom stereocenters. The summed E-state index contributed by atoms with van der Waals surface area (Å²) < 4.78 is 6.00. The Bertz CT molecular complexity index is 551. The maximum Gasteiger partial charge on any atom is 0.350 e. The summed E-state index contributed by atoms with van der Waals surface area (Å²) >= 11 is 5.68. The average Bonchev–Trinajstić information content (AvgIpc) is 2.40. The van der Waals surface area contributed by atoms with Crippen LogP contribution < -0.4 is 5.48 Å². The summed E-state index contributed by atoms with van der Waals surface area (Å²) in [6.45, 7) is 11.8. The van der Waals surface area contributed by atoms with Crippen LogP contribution in [0.25, 0.3) is 0 Å². The number of hydrogen-bond donors (Lipinski definition) is 1. The summed E-state index contributed by atoms with van der Waals surface area (Å²) in [4.78, 5) is 22.8. The van der Waals surface area contributed by atoms with E-state index in [1.807, 2.05) is 0 Å². The van der Waals surface area contributed by atoms with E-state index in [2.05, 4.69) is 49.3 Å². The van der Waals surface area contributed by atoms with Gasteiger partial charge >= 0.3 is 5.69 Å². The molecule has 8 nitrogen and oxygen atoms in total. The van der Waals surface area contributed by atoms with Gasteiger partial charge in [-0.2, -0.15) is 0 Å². The van der Waals surface area contributed by atoms with E-state index in [-0.39, 0.29) is 16.0 Å². The van der Waals surface area contributed by atoms with Gasteiger partial charge in [0.1, 0.15) is 6.33 Å². The van der Waals surface area contributed by atoms with E-state index in [1.54, 1.807) is 0 Å². The fraction of sp³-hybridized carbons (Fsp3) is 0.692. The highest BCUT2D eigenvalue weighted by molar-refractivity contribution is 6.74. The lowest BCUT2D eigenvalue weighted by Crippen LogP contribution is -2.41. The third-order valence-corrected chi connectivity index (χ3v) is 8.60. The zero-order chi connectivity index (χ0) is 17.7. The van der Waals surface area contributed by atoms with Crippen LogP contribution in [0.3, 0.4) is 0 Å². The van der Waals surface area contributed by atoms with Gasteiger partial charge in [-0.25, -0.2) is 15.4 Å². The van der Waals surface area contributed by atoms with Crippen LogP contribution >= 0.6 is 11.6 Å². The van der Waals surface area contributed by atoms with Crippen molar-refractivity contribution in [1.82, 2.24) is 9.97 Å². The van der Waals surface area contributed by atoms with Gasteiger partial charge in [-0.15, -0.1) is 0 Å². The number of nitro groups is 1. The Morgan fingerprint density at radius 1 is 1.35 bits per heavy atom. The van der Waals surface area contributed by atoms with Crippen molar-refractivity contribution in [2.45, 2.75) is 45.3 Å². The van der Waals surface area contributed by atoms with Crippen molar-refractivity contribution in [2.24, 2.45) is 0 Å². The molecule has 0 aliphatic carbocycles. The Hall–Kier alpha value is -1.29. The minimum atomic E-state index is -1.76. The van der Waals surface area contributed by atoms with Crippen molar-refractivity contribution in [3.63, 3.8) is 0 Å². The lowest BCUT2D eigenvalue weighted by molar-refractivity contribution is -0.384. The predicted octanol–water partition coefficient (Wildman–Crippen LogP) is 3.79. The number of aromatic nitrogens is 2. The van der Waals surface area contributed by atoms with E-state index in [4.69, 9.17) is 20.9 Å². The summed E-state index contributed by atoms with van der Waals surface area (Å²) in [5.41, 5.74) is 2.03. The van der Waals surface area contributed by atoms with E-state index in [0.29, 0.717) is 19.6 Å². The van der Waals surface area contributed by atoms with Crippen molar-refractivity contribution in [1.29, 1.82) is 0 Å². The molecule has 1 aromatic rings. The highest BCUT2D eigenvalue weighted by Crippen LogP contribution is 2.36. The molecule has 0 amide bonds. The molecule has 0 atom stereocenters. The monoisotopic (exact) mass is 362 g/mol. The van der Waals surface area contributed by atoms with Crippen molar-refractivity contribution >= 4 is 31.4 Å². The number of hydrogen-bond acceptors (Lipinski definition) is 7. The van der Waals surface area contributed by atoms with Crippen LogP contribution in [0.15, 0.2) is 6.33 Å². The summed E-state index contributed by atoms with van der Waals surface area (Å²) in [7, 11) is -1.76. The standard InChI is InChI=1S/C13H23ClN4O4Si/c1-13(2,3)23(4,5)22-8-6-7-21-17-12-10(18(19)20)11(14)15-9-16-12/h9H,6-8H2,1-5H3,(H,15,16,17). The lowest BCUT2D eigenvalue weighted by atomic mass is 10.2. The first-order valence-electron chi connectivity index (χ1n) is 7.23. The Morgan fingerprint density at radius 2 is 2.00 bits per heavy atom. The second kappa shape index (κ2) is 8.00. The summed E-state index contributed by atoms with van der Waals surface area (Å²) in [6.07, 6.45) is 1.79. The van der Waals surface area contributed by atoms with Gasteiger partial charge in [0.2, 0.25) is 11.0 Å². The van der Waals surface area contributed by atoms with Crippen LogP contribution in [-0.2, 0) is 9.26 Å². The highest BCUT2D eigenvalue weighted by atomic mass is 35.5. The molecule has 0 saturated carbocycles. The van der Waals surface area contributed by atoms with E-state index in [1.165, 1.54) is 0 Å². The molecule has 130 valence electrons. The second-order valence-corrected chi connectivity index (χ2v) is 11.7. The molecule has 0 fully saturated rings. The first-order valence-corrected chi connectivity index (χ1v) is 10.5. The van der Waals surface area contributed by atoms with Gasteiger partial charge < -0.3 is 4.43 Å². The van der Waals surface area contributed by atoms with E-state index >= 15 is 0 Å². The molecule has 1 N–H and O–H groups in total. The van der Waals surface area contributed by atoms with Gasteiger partial charge in [-0.1, -0.05) is 32.4 Å². The first kappa shape index (κ1) is 19.8. The smallest absolute Gasteiger partial charge is 0.350 e. The number of nitrogens with zero attached hydrogens (tertiary/aromatic N) is 3. The van der Waals surface area contributed by atoms with Crippen LogP contribution in [0.5, 0.6) is 0 Å². The molecule has 1 aromatic heterocycles. The normalized spacial score (nSPS) is 12.3. The third kappa shape index (κ3) is 5.68. The molecule has 0 aliphatic heterocycles. The molecule has 0 saturated heterocycles. The van der Waals surface area contributed by atoms with E-state index in [9.17, 15) is 10.1 Å². The Labute approximate surface area is 141 Å². The largest absolute Gasteiger partial charge is 0.417 e. The molecule has 0 bridgehead atoms. The predicted molar refractivity (Wildman–Crippen MR) is 91.0 cm³/mol. The topological polar surface area (TPSA) is 99.4 Å². The van der Waals surface area contributed by atoms with Crippen molar-refractivity contribution in [3.8, 4) is 0 Å². The zero-order valence-electron chi connectivity index (χ0n) is 14.1. The summed E-state index contributed by atoms with van der Waals surface area (Å²) in [6, 6.07) is 0. The fourth-order valence-corrected chi connectivity index (χ4v) is 2.68. The summed E-state index contributed by atoms with van der Waals surface area (Å²) in [5, 5.41) is 10.8. The SMILES string of the molecule is CC(C)(C)[Si](C)(C)OCCCONc1ncnc(Cl)c1[N+](=O)[O-]. The minimum absolute atomic E-state index is 0.0692. The Morgan fingerprint density at radius 3 is 2.57 bits per heavy atom. The van der Waals surface area contributed by atoms with Crippen LogP contribution in [-0.4, -0.2) is 36.4 Å². The first-order chi connectivity index (χ1) is 10.6. The Balaban J connectivity index is 2.40. The zero-order valence-corrected chi connectivity index (χ0v) is 15.8. The van der Waals surface area contributed by atoms with Crippen LogP contribution in [0.1, 0.15) is 27.2 Å². The number of nitrogens with one attached hydrogen (secondary N) is 1. The molecule has 0 spiro atoms. The van der Waals surface area contributed by atoms with Crippen molar-refractivity contribution < 1.29 is 14.2 Å². The molecule has 0 aliphatic rings. The van der Waals surface area contributed by atoms with Crippen LogP contribution in [0.2, 0.25) is 23.3 Å².